The van der Waals surface area contributed by atoms with Gasteiger partial charge < -0.3 is 10.4 Å². The molecule has 2 nitrogen and oxygen atoms in total. The zero-order valence-corrected chi connectivity index (χ0v) is 13.0. The van der Waals surface area contributed by atoms with Gasteiger partial charge in [-0.15, -0.1) is 0 Å². The average molecular weight is 328 g/mol. The standard InChI is InChI=1S/C16H16Cl2FNO/c1-10(11-2-5-13(19)6-3-11)20-9-16(21)14-8-12(17)4-7-15(14)18/h2-8,10,16,20-21H,9H2,1H3/t10-,16?/m1/s1. The highest BCUT2D eigenvalue weighted by Gasteiger charge is 2.14. The molecule has 0 aromatic heterocycles. The van der Waals surface area contributed by atoms with Gasteiger partial charge in [-0.3, -0.25) is 0 Å². The summed E-state index contributed by atoms with van der Waals surface area (Å²) in [6.07, 6.45) is -0.765. The van der Waals surface area contributed by atoms with E-state index in [-0.39, 0.29) is 11.9 Å². The molecule has 5 heteroatoms. The van der Waals surface area contributed by atoms with Crippen molar-refractivity contribution in [3.05, 3.63) is 69.5 Å². The van der Waals surface area contributed by atoms with Crippen molar-refractivity contribution in [2.24, 2.45) is 0 Å². The Kier molecular flexibility index (Phi) is 5.59. The molecule has 2 rings (SSSR count). The molecular weight excluding hydrogens is 312 g/mol. The number of nitrogens with one attached hydrogen (secondary N) is 1. The summed E-state index contributed by atoms with van der Waals surface area (Å²) in [4.78, 5) is 0. The van der Waals surface area contributed by atoms with Gasteiger partial charge in [0.15, 0.2) is 0 Å². The van der Waals surface area contributed by atoms with E-state index in [2.05, 4.69) is 5.32 Å². The van der Waals surface area contributed by atoms with Crippen LogP contribution >= 0.6 is 23.2 Å². The van der Waals surface area contributed by atoms with Gasteiger partial charge in [0.25, 0.3) is 0 Å². The Hall–Kier alpha value is -1.13. The highest BCUT2D eigenvalue weighted by Crippen LogP contribution is 2.26. The Labute approximate surface area is 133 Å². The number of aliphatic hydroxyl groups excluding tert-OH is 1. The normalized spacial score (nSPS) is 14.0. The van der Waals surface area contributed by atoms with Crippen LogP contribution in [0.1, 0.15) is 30.2 Å². The van der Waals surface area contributed by atoms with Crippen LogP contribution in [0, 0.1) is 5.82 Å². The fourth-order valence-electron chi connectivity index (χ4n) is 2.04. The first-order valence-electron chi connectivity index (χ1n) is 6.59. The van der Waals surface area contributed by atoms with E-state index < -0.39 is 6.10 Å². The second-order valence-corrected chi connectivity index (χ2v) is 5.71. The maximum Gasteiger partial charge on any atom is 0.123 e. The molecule has 0 heterocycles. The highest BCUT2D eigenvalue weighted by molar-refractivity contribution is 6.33. The Morgan fingerprint density at radius 3 is 2.48 bits per heavy atom. The lowest BCUT2D eigenvalue weighted by Crippen LogP contribution is -2.24. The van der Waals surface area contributed by atoms with Gasteiger partial charge in [0.1, 0.15) is 5.82 Å². The van der Waals surface area contributed by atoms with Gasteiger partial charge in [-0.1, -0.05) is 35.3 Å². The first kappa shape index (κ1) is 16.2. The van der Waals surface area contributed by atoms with Crippen molar-refractivity contribution in [1.29, 1.82) is 0 Å². The minimum atomic E-state index is -0.765. The number of benzene rings is 2. The molecule has 0 spiro atoms. The largest absolute Gasteiger partial charge is 0.387 e. The van der Waals surface area contributed by atoms with Gasteiger partial charge >= 0.3 is 0 Å². The minimum Gasteiger partial charge on any atom is -0.387 e. The van der Waals surface area contributed by atoms with Crippen molar-refractivity contribution in [2.45, 2.75) is 19.1 Å². The van der Waals surface area contributed by atoms with E-state index in [0.717, 1.165) is 5.56 Å². The molecule has 0 amide bonds. The third kappa shape index (κ3) is 4.42. The van der Waals surface area contributed by atoms with Gasteiger partial charge in [0.2, 0.25) is 0 Å². The summed E-state index contributed by atoms with van der Waals surface area (Å²) in [5, 5.41) is 14.4. The number of hydrogen-bond donors (Lipinski definition) is 2. The van der Waals surface area contributed by atoms with E-state index in [1.165, 1.54) is 12.1 Å². The fourth-order valence-corrected chi connectivity index (χ4v) is 2.46. The van der Waals surface area contributed by atoms with Crippen molar-refractivity contribution < 1.29 is 9.50 Å². The molecule has 0 bridgehead atoms. The van der Waals surface area contributed by atoms with Crippen LogP contribution in [0.25, 0.3) is 0 Å². The number of aliphatic hydroxyl groups is 1. The molecular formula is C16H16Cl2FNO. The second-order valence-electron chi connectivity index (χ2n) is 4.86. The second kappa shape index (κ2) is 7.23. The average Bonchev–Trinajstić information content (AvgIpc) is 2.47. The van der Waals surface area contributed by atoms with Crippen molar-refractivity contribution in [2.75, 3.05) is 6.54 Å². The minimum absolute atomic E-state index is 0.0155. The topological polar surface area (TPSA) is 32.3 Å². The van der Waals surface area contributed by atoms with Gasteiger partial charge in [0.05, 0.1) is 6.10 Å². The Bertz CT molecular complexity index is 604. The molecule has 2 atom stereocenters. The van der Waals surface area contributed by atoms with Crippen molar-refractivity contribution in [3.63, 3.8) is 0 Å². The lowest BCUT2D eigenvalue weighted by molar-refractivity contribution is 0.171. The van der Waals surface area contributed by atoms with Crippen LogP contribution in [0.3, 0.4) is 0 Å². The monoisotopic (exact) mass is 327 g/mol. The highest BCUT2D eigenvalue weighted by atomic mass is 35.5. The van der Waals surface area contributed by atoms with Crippen LogP contribution in [0.2, 0.25) is 10.0 Å². The summed E-state index contributed by atoms with van der Waals surface area (Å²) in [6.45, 7) is 2.26. The van der Waals surface area contributed by atoms with Crippen LogP contribution in [0.15, 0.2) is 42.5 Å². The number of hydrogen-bond acceptors (Lipinski definition) is 2. The molecule has 112 valence electrons. The predicted molar refractivity (Wildman–Crippen MR) is 84.2 cm³/mol. The lowest BCUT2D eigenvalue weighted by atomic mass is 10.1. The SMILES string of the molecule is C[C@@H](NCC(O)c1cc(Cl)ccc1Cl)c1ccc(F)cc1. The van der Waals surface area contributed by atoms with Gasteiger partial charge in [-0.25, -0.2) is 4.39 Å². The molecule has 0 aliphatic heterocycles. The first-order chi connectivity index (χ1) is 9.97. The van der Waals surface area contributed by atoms with E-state index in [0.29, 0.717) is 22.2 Å². The summed E-state index contributed by atoms with van der Waals surface area (Å²) < 4.78 is 12.9. The molecule has 0 aliphatic rings. The summed E-state index contributed by atoms with van der Waals surface area (Å²) in [7, 11) is 0. The third-order valence-corrected chi connectivity index (χ3v) is 3.88. The summed E-state index contributed by atoms with van der Waals surface area (Å²) in [5.74, 6) is -0.267. The van der Waals surface area contributed by atoms with Gasteiger partial charge in [-0.2, -0.15) is 0 Å². The first-order valence-corrected chi connectivity index (χ1v) is 7.35. The van der Waals surface area contributed by atoms with Gasteiger partial charge in [-0.05, 0) is 42.8 Å². The molecule has 21 heavy (non-hydrogen) atoms. The maximum absolute atomic E-state index is 12.9. The molecule has 1 unspecified atom stereocenters. The zero-order valence-electron chi connectivity index (χ0n) is 11.5. The van der Waals surface area contributed by atoms with Crippen molar-refractivity contribution in [3.8, 4) is 0 Å². The number of halogens is 3. The van der Waals surface area contributed by atoms with E-state index in [1.54, 1.807) is 30.3 Å². The Balaban J connectivity index is 1.98. The van der Waals surface area contributed by atoms with Crippen LogP contribution in [0.4, 0.5) is 4.39 Å². The quantitative estimate of drug-likeness (QED) is 0.846. The lowest BCUT2D eigenvalue weighted by Gasteiger charge is -2.18. The maximum atomic E-state index is 12.9. The van der Waals surface area contributed by atoms with Crippen LogP contribution in [-0.4, -0.2) is 11.7 Å². The summed E-state index contributed by atoms with van der Waals surface area (Å²) in [5.41, 5.74) is 1.53. The van der Waals surface area contributed by atoms with E-state index >= 15 is 0 Å². The van der Waals surface area contributed by atoms with E-state index in [1.807, 2.05) is 6.92 Å². The molecule has 0 saturated heterocycles. The van der Waals surface area contributed by atoms with Crippen molar-refractivity contribution in [1.82, 2.24) is 5.32 Å². The fraction of sp³-hybridized carbons (Fsp3) is 0.250. The Morgan fingerprint density at radius 2 is 1.81 bits per heavy atom. The van der Waals surface area contributed by atoms with Crippen LogP contribution < -0.4 is 5.32 Å². The molecule has 0 saturated carbocycles. The van der Waals surface area contributed by atoms with Crippen LogP contribution in [-0.2, 0) is 0 Å². The molecule has 0 fully saturated rings. The van der Waals surface area contributed by atoms with Gasteiger partial charge in [0, 0.05) is 28.2 Å². The summed E-state index contributed by atoms with van der Waals surface area (Å²) >= 11 is 12.0. The molecule has 2 aromatic rings. The van der Waals surface area contributed by atoms with E-state index in [9.17, 15) is 9.50 Å². The smallest absolute Gasteiger partial charge is 0.123 e. The number of rotatable bonds is 5. The molecule has 2 aromatic carbocycles. The third-order valence-electron chi connectivity index (χ3n) is 3.30. The summed E-state index contributed by atoms with van der Waals surface area (Å²) in [6, 6.07) is 11.2. The zero-order chi connectivity index (χ0) is 15.4. The van der Waals surface area contributed by atoms with E-state index in [4.69, 9.17) is 23.2 Å². The predicted octanol–water partition coefficient (Wildman–Crippen LogP) is 4.52. The molecule has 0 radical (unpaired) electrons. The molecule has 2 N–H and O–H groups in total. The Morgan fingerprint density at radius 1 is 1.14 bits per heavy atom. The van der Waals surface area contributed by atoms with Crippen LogP contribution in [0.5, 0.6) is 0 Å². The van der Waals surface area contributed by atoms with Crippen molar-refractivity contribution >= 4 is 23.2 Å². The molecule has 0 aliphatic carbocycles.